The number of ether oxygens (including phenoxy) is 1. The first-order chi connectivity index (χ1) is 33.7. The van der Waals surface area contributed by atoms with Gasteiger partial charge in [0.25, 0.3) is 0 Å². The Morgan fingerprint density at radius 2 is 1.15 bits per heavy atom. The van der Waals surface area contributed by atoms with Crippen molar-refractivity contribution in [2.75, 3.05) is 9.80 Å². The number of benzene rings is 8. The third-order valence-corrected chi connectivity index (χ3v) is 12.6. The molecule has 8 aromatic carbocycles. The molecule has 68 heavy (non-hydrogen) atoms. The molecule has 0 spiro atoms. The summed E-state index contributed by atoms with van der Waals surface area (Å²) in [6.45, 7) is 14.7. The van der Waals surface area contributed by atoms with Crippen molar-refractivity contribution in [2.24, 2.45) is 0 Å². The molecule has 1 aliphatic heterocycles. The molecule has 0 radical (unpaired) electrons. The van der Waals surface area contributed by atoms with Gasteiger partial charge in [-0.25, -0.2) is 4.98 Å². The number of nitrogens with zero attached hydrogens (tertiary/aromatic N) is 4. The van der Waals surface area contributed by atoms with Crippen molar-refractivity contribution in [1.29, 1.82) is 0 Å². The minimum absolute atomic E-state index is 0. The topological polar surface area (TPSA) is 33.5 Å². The van der Waals surface area contributed by atoms with Crippen molar-refractivity contribution in [2.45, 2.75) is 52.4 Å². The van der Waals surface area contributed by atoms with Crippen molar-refractivity contribution in [3.8, 4) is 50.7 Å². The van der Waals surface area contributed by atoms with E-state index in [9.17, 15) is 1.37 Å². The van der Waals surface area contributed by atoms with Crippen LogP contribution in [0.1, 0.15) is 56.8 Å². The van der Waals surface area contributed by atoms with E-state index < -0.39 is 5.41 Å². The molecule has 0 atom stereocenters. The molecule has 1 aliphatic rings. The monoisotopic (exact) mass is 1070 g/mol. The van der Waals surface area contributed by atoms with E-state index in [1.807, 2.05) is 67.8 Å². The SMILES string of the molecule is [2H]c1nc(-n2c3[c-]c(Oc4[c-]c(N5[CH-]N(c6c(-c7ccccc7)cccc6-c6ccccc6)c6ccccc65)ccc4)ccc3c3cc(-c4ccc(C(C)(C)C)cc4)ccc32)c([2H])c(C(C)(C)C)c1[2H].[Pt]. The zero-order valence-electron chi connectivity index (χ0n) is 41.8. The van der Waals surface area contributed by atoms with Gasteiger partial charge in [0, 0.05) is 72.4 Å². The van der Waals surface area contributed by atoms with Crippen LogP contribution in [0.2, 0.25) is 0 Å². The van der Waals surface area contributed by atoms with E-state index in [2.05, 4.69) is 188 Å². The minimum Gasteiger partial charge on any atom is -0.509 e. The van der Waals surface area contributed by atoms with Crippen LogP contribution in [-0.2, 0) is 31.9 Å². The van der Waals surface area contributed by atoms with Crippen molar-refractivity contribution in [3.05, 3.63) is 224 Å². The van der Waals surface area contributed by atoms with Gasteiger partial charge in [-0.05, 0) is 79.9 Å². The van der Waals surface area contributed by atoms with E-state index in [0.29, 0.717) is 22.6 Å². The molecule has 0 aliphatic carbocycles. The van der Waals surface area contributed by atoms with Gasteiger partial charge in [0.2, 0.25) is 0 Å². The molecular weight excluding hydrogens is 1010 g/mol. The van der Waals surface area contributed by atoms with Gasteiger partial charge in [-0.2, -0.15) is 12.1 Å². The van der Waals surface area contributed by atoms with Crippen LogP contribution in [0.25, 0.3) is 61.0 Å². The van der Waals surface area contributed by atoms with Gasteiger partial charge < -0.3 is 19.1 Å². The predicted octanol–water partition coefficient (Wildman–Crippen LogP) is 16.6. The van der Waals surface area contributed by atoms with Gasteiger partial charge in [-0.3, -0.25) is 0 Å². The van der Waals surface area contributed by atoms with Gasteiger partial charge in [-0.1, -0.05) is 174 Å². The molecule has 10 aromatic rings. The summed E-state index contributed by atoms with van der Waals surface area (Å²) in [7, 11) is 0. The average molecular weight is 1070 g/mol. The van der Waals surface area contributed by atoms with Crippen LogP contribution in [0, 0.1) is 18.8 Å². The van der Waals surface area contributed by atoms with E-state index in [1.54, 1.807) is 0 Å². The van der Waals surface area contributed by atoms with E-state index in [-0.39, 0.29) is 50.6 Å². The second-order valence-corrected chi connectivity index (χ2v) is 19.2. The number of hydrogen-bond acceptors (Lipinski definition) is 4. The van der Waals surface area contributed by atoms with Crippen LogP contribution in [0.5, 0.6) is 11.5 Å². The van der Waals surface area contributed by atoms with Gasteiger partial charge in [-0.15, -0.1) is 48.1 Å². The van der Waals surface area contributed by atoms with Gasteiger partial charge in [0.15, 0.2) is 0 Å². The fourth-order valence-electron chi connectivity index (χ4n) is 9.08. The van der Waals surface area contributed by atoms with E-state index in [4.69, 9.17) is 7.48 Å². The van der Waals surface area contributed by atoms with Gasteiger partial charge >= 0.3 is 0 Å². The van der Waals surface area contributed by atoms with Crippen LogP contribution < -0.4 is 14.5 Å². The largest absolute Gasteiger partial charge is 0.509 e. The summed E-state index contributed by atoms with van der Waals surface area (Å²) < 4.78 is 35.8. The Hall–Kier alpha value is -7.20. The molecule has 338 valence electrons. The van der Waals surface area contributed by atoms with Crippen molar-refractivity contribution >= 4 is 44.6 Å². The zero-order valence-corrected chi connectivity index (χ0v) is 41.1. The Labute approximate surface area is 418 Å². The molecule has 0 N–H and O–H groups in total. The molecule has 2 aromatic heterocycles. The maximum absolute atomic E-state index is 9.54. The first-order valence-electron chi connectivity index (χ1n) is 24.3. The molecule has 0 bridgehead atoms. The van der Waals surface area contributed by atoms with Crippen LogP contribution in [0.4, 0.5) is 22.7 Å². The minimum atomic E-state index is -0.578. The number of aromatic nitrogens is 2. The number of para-hydroxylation sites is 3. The normalized spacial score (nSPS) is 13.2. The molecule has 0 saturated heterocycles. The maximum Gasteiger partial charge on any atom is 0.135 e. The molecule has 0 amide bonds. The quantitative estimate of drug-likeness (QED) is 0.142. The van der Waals surface area contributed by atoms with Crippen molar-refractivity contribution < 1.29 is 29.9 Å². The van der Waals surface area contributed by atoms with Crippen molar-refractivity contribution in [3.63, 3.8) is 0 Å². The molecular formula is C62H51N4OPt-3. The standard InChI is InChI=1S/C62H51N4O.Pt/c1-61(2,3)46-30-27-42(28-31-46)45-29-34-55-54(37-45)53-33-32-50(40-58(53)66(55)59-38-47(35-36-63-59)62(4,5)6)67-49-22-15-21-48(39-49)64-41-65(57-26-14-13-25-56(57)64)60-51(43-17-9-7-10-18-43)23-16-24-52(60)44-19-11-8-12-20-44;/h7-38,41H,1-6H3;/q-3;/i35D,36D,38D;. The summed E-state index contributed by atoms with van der Waals surface area (Å²) in [6.07, 6.45) is -0.181. The molecule has 3 heterocycles. The Kier molecular flexibility index (Phi) is 10.7. The van der Waals surface area contributed by atoms with Crippen LogP contribution in [0.3, 0.4) is 0 Å². The fraction of sp³-hybridized carbons (Fsp3) is 0.129. The zero-order chi connectivity index (χ0) is 48.5. The van der Waals surface area contributed by atoms with Crippen molar-refractivity contribution in [1.82, 2.24) is 9.55 Å². The van der Waals surface area contributed by atoms with E-state index in [0.717, 1.165) is 72.4 Å². The molecule has 0 unspecified atom stereocenters. The molecule has 6 heteroatoms. The Morgan fingerprint density at radius 1 is 0.544 bits per heavy atom. The Morgan fingerprint density at radius 3 is 1.81 bits per heavy atom. The van der Waals surface area contributed by atoms with E-state index in [1.165, 1.54) is 5.56 Å². The third kappa shape index (κ3) is 8.30. The predicted molar refractivity (Wildman–Crippen MR) is 278 cm³/mol. The number of hydrogen-bond donors (Lipinski definition) is 0. The molecule has 11 rings (SSSR count). The Balaban J connectivity index is 0.00000582. The molecule has 5 nitrogen and oxygen atoms in total. The second-order valence-electron chi connectivity index (χ2n) is 19.2. The number of rotatable bonds is 8. The second kappa shape index (κ2) is 17.8. The maximum atomic E-state index is 9.54. The number of pyridine rings is 1. The summed E-state index contributed by atoms with van der Waals surface area (Å²) >= 11 is 0. The number of anilines is 4. The van der Waals surface area contributed by atoms with Crippen LogP contribution >= 0.6 is 0 Å². The third-order valence-electron chi connectivity index (χ3n) is 12.6. The molecule has 0 saturated carbocycles. The number of fused-ring (bicyclic) bond motifs is 4. The first-order valence-corrected chi connectivity index (χ1v) is 22.8. The summed E-state index contributed by atoms with van der Waals surface area (Å²) in [4.78, 5) is 9.07. The summed E-state index contributed by atoms with van der Waals surface area (Å²) in [5.74, 6) is 1.22. The van der Waals surface area contributed by atoms with Gasteiger partial charge in [0.05, 0.1) is 4.11 Å². The van der Waals surface area contributed by atoms with Crippen LogP contribution in [0.15, 0.2) is 194 Å². The van der Waals surface area contributed by atoms with E-state index >= 15 is 0 Å². The fourth-order valence-corrected chi connectivity index (χ4v) is 9.08. The first kappa shape index (κ1) is 41.0. The van der Waals surface area contributed by atoms with Gasteiger partial charge in [0.1, 0.15) is 5.82 Å². The van der Waals surface area contributed by atoms with Crippen LogP contribution in [-0.4, -0.2) is 9.55 Å². The Bertz CT molecular complexity index is 3560. The smallest absolute Gasteiger partial charge is 0.135 e. The summed E-state index contributed by atoms with van der Waals surface area (Å²) in [5, 5.41) is 1.84. The average Bonchev–Trinajstić information content (AvgIpc) is 3.90. The summed E-state index contributed by atoms with van der Waals surface area (Å²) in [6, 6.07) is 68.1. The summed E-state index contributed by atoms with van der Waals surface area (Å²) in [5.41, 5.74) is 13.1. The molecule has 0 fully saturated rings.